The molecule has 0 bridgehead atoms. The second kappa shape index (κ2) is 7.05. The number of morpholine rings is 1. The van der Waals surface area contributed by atoms with Gasteiger partial charge in [-0.05, 0) is 19.3 Å². The lowest BCUT2D eigenvalue weighted by Gasteiger charge is -2.37. The van der Waals surface area contributed by atoms with Crippen LogP contribution in [0.1, 0.15) is 37.2 Å². The van der Waals surface area contributed by atoms with Gasteiger partial charge in [-0.2, -0.15) is 0 Å². The molecule has 1 saturated carbocycles. The van der Waals surface area contributed by atoms with Crippen LogP contribution in [0.2, 0.25) is 0 Å². The molecule has 1 amide bonds. The maximum atomic E-state index is 12.5. The molecule has 0 spiro atoms. The highest BCUT2D eigenvalue weighted by Crippen LogP contribution is 2.35. The molecule has 7 heteroatoms. The number of amides is 1. The summed E-state index contributed by atoms with van der Waals surface area (Å²) in [5.41, 5.74) is 0.488. The Morgan fingerprint density at radius 2 is 2.00 bits per heavy atom. The number of carbonyl (C=O) groups is 1. The fourth-order valence-electron chi connectivity index (χ4n) is 4.01. The number of fused-ring (bicyclic) bond motifs is 1. The number of aromatic nitrogens is 2. The van der Waals surface area contributed by atoms with Gasteiger partial charge in [0.15, 0.2) is 0 Å². The SMILES string of the molecule is O=C(CC1(O)CCC1)N1CCc2ncc(CN3CCOCC3)n2CC1. The number of carbonyl (C=O) groups excluding carboxylic acids is 1. The van der Waals surface area contributed by atoms with Crippen LogP contribution >= 0.6 is 0 Å². The summed E-state index contributed by atoms with van der Waals surface area (Å²) in [6.45, 7) is 6.60. The Morgan fingerprint density at radius 1 is 1.20 bits per heavy atom. The fraction of sp³-hybridized carbons (Fsp3) is 0.778. The first-order valence-electron chi connectivity index (χ1n) is 9.47. The van der Waals surface area contributed by atoms with E-state index in [-0.39, 0.29) is 12.3 Å². The van der Waals surface area contributed by atoms with Crippen molar-refractivity contribution in [2.45, 2.75) is 50.8 Å². The standard InChI is InChI=1S/C18H28N4O3/c23-17(12-18(24)3-1-4-18)21-5-2-16-19-13-15(22(16)7-6-21)14-20-8-10-25-11-9-20/h13,24H,1-12,14H2. The second-order valence-corrected chi connectivity index (χ2v) is 7.59. The molecule has 4 rings (SSSR count). The third-order valence-corrected chi connectivity index (χ3v) is 5.83. The topological polar surface area (TPSA) is 70.8 Å². The lowest BCUT2D eigenvalue weighted by molar-refractivity contribution is -0.140. The van der Waals surface area contributed by atoms with Crippen molar-refractivity contribution in [3.8, 4) is 0 Å². The largest absolute Gasteiger partial charge is 0.389 e. The molecule has 25 heavy (non-hydrogen) atoms. The monoisotopic (exact) mass is 348 g/mol. The molecule has 2 aliphatic heterocycles. The Morgan fingerprint density at radius 3 is 2.72 bits per heavy atom. The van der Waals surface area contributed by atoms with Crippen LogP contribution in [0.15, 0.2) is 6.20 Å². The Balaban J connectivity index is 1.37. The zero-order valence-corrected chi connectivity index (χ0v) is 14.8. The molecule has 1 aromatic heterocycles. The van der Waals surface area contributed by atoms with Gasteiger partial charge in [0.1, 0.15) is 5.82 Å². The molecule has 2 fully saturated rings. The first-order valence-corrected chi connectivity index (χ1v) is 9.47. The van der Waals surface area contributed by atoms with Crippen LogP contribution in [0.25, 0.3) is 0 Å². The minimum atomic E-state index is -0.738. The van der Waals surface area contributed by atoms with Crippen LogP contribution in [0.5, 0.6) is 0 Å². The molecule has 7 nitrogen and oxygen atoms in total. The summed E-state index contributed by atoms with van der Waals surface area (Å²) in [6, 6.07) is 0. The summed E-state index contributed by atoms with van der Waals surface area (Å²) in [5.74, 6) is 1.16. The number of ether oxygens (including phenoxy) is 1. The second-order valence-electron chi connectivity index (χ2n) is 7.59. The van der Waals surface area contributed by atoms with Crippen LogP contribution < -0.4 is 0 Å². The highest BCUT2D eigenvalue weighted by Gasteiger charge is 2.38. The summed E-state index contributed by atoms with van der Waals surface area (Å²) in [7, 11) is 0. The molecular formula is C18H28N4O3. The van der Waals surface area contributed by atoms with Gasteiger partial charge in [-0.25, -0.2) is 4.98 Å². The molecular weight excluding hydrogens is 320 g/mol. The summed E-state index contributed by atoms with van der Waals surface area (Å²) in [6.07, 6.45) is 5.60. The molecule has 0 aromatic carbocycles. The van der Waals surface area contributed by atoms with Crippen LogP contribution in [0.3, 0.4) is 0 Å². The maximum absolute atomic E-state index is 12.5. The molecule has 1 N–H and O–H groups in total. The van der Waals surface area contributed by atoms with Gasteiger partial charge in [-0.15, -0.1) is 0 Å². The van der Waals surface area contributed by atoms with E-state index in [1.165, 1.54) is 5.69 Å². The van der Waals surface area contributed by atoms with Crippen molar-refractivity contribution in [1.82, 2.24) is 19.4 Å². The van der Waals surface area contributed by atoms with E-state index >= 15 is 0 Å². The van der Waals surface area contributed by atoms with Crippen molar-refractivity contribution in [1.29, 1.82) is 0 Å². The zero-order valence-electron chi connectivity index (χ0n) is 14.8. The predicted molar refractivity (Wildman–Crippen MR) is 92.0 cm³/mol. The molecule has 3 aliphatic rings. The quantitative estimate of drug-likeness (QED) is 0.853. The third kappa shape index (κ3) is 3.73. The van der Waals surface area contributed by atoms with Crippen molar-refractivity contribution < 1.29 is 14.6 Å². The Bertz CT molecular complexity index is 620. The lowest BCUT2D eigenvalue weighted by atomic mass is 9.77. The van der Waals surface area contributed by atoms with E-state index in [1.807, 2.05) is 11.1 Å². The molecule has 0 radical (unpaired) electrons. The van der Waals surface area contributed by atoms with Gasteiger partial charge in [0, 0.05) is 51.9 Å². The summed E-state index contributed by atoms with van der Waals surface area (Å²) in [5, 5.41) is 10.3. The molecule has 1 aliphatic carbocycles. The van der Waals surface area contributed by atoms with Crippen molar-refractivity contribution in [2.24, 2.45) is 0 Å². The predicted octanol–water partition coefficient (Wildman–Crippen LogP) is 0.405. The zero-order chi connectivity index (χ0) is 17.3. The van der Waals surface area contributed by atoms with Gasteiger partial charge < -0.3 is 19.3 Å². The molecule has 0 atom stereocenters. The normalized spacial score (nSPS) is 23.6. The van der Waals surface area contributed by atoms with Crippen LogP contribution in [-0.4, -0.2) is 75.4 Å². The number of hydrogen-bond donors (Lipinski definition) is 1. The van der Waals surface area contributed by atoms with Gasteiger partial charge in [0.05, 0.1) is 30.9 Å². The average Bonchev–Trinajstić information content (AvgIpc) is 2.83. The third-order valence-electron chi connectivity index (χ3n) is 5.83. The van der Waals surface area contributed by atoms with Gasteiger partial charge in [0.25, 0.3) is 0 Å². The average molecular weight is 348 g/mol. The van der Waals surface area contributed by atoms with Gasteiger partial charge in [-0.3, -0.25) is 9.69 Å². The van der Waals surface area contributed by atoms with Gasteiger partial charge in [0.2, 0.25) is 5.91 Å². The number of rotatable bonds is 4. The molecule has 3 heterocycles. The van der Waals surface area contributed by atoms with E-state index < -0.39 is 5.60 Å². The van der Waals surface area contributed by atoms with E-state index in [1.54, 1.807) is 0 Å². The van der Waals surface area contributed by atoms with Gasteiger partial charge in [-0.1, -0.05) is 0 Å². The smallest absolute Gasteiger partial charge is 0.225 e. The van der Waals surface area contributed by atoms with Crippen LogP contribution in [-0.2, 0) is 29.0 Å². The van der Waals surface area contributed by atoms with Crippen LogP contribution in [0.4, 0.5) is 0 Å². The van der Waals surface area contributed by atoms with E-state index in [0.717, 1.165) is 70.9 Å². The summed E-state index contributed by atoms with van der Waals surface area (Å²) in [4.78, 5) is 21.4. The Labute approximate surface area is 148 Å². The lowest BCUT2D eigenvalue weighted by Crippen LogP contribution is -2.44. The highest BCUT2D eigenvalue weighted by molar-refractivity contribution is 5.77. The Kier molecular flexibility index (Phi) is 4.80. The first kappa shape index (κ1) is 17.0. The number of hydrogen-bond acceptors (Lipinski definition) is 5. The highest BCUT2D eigenvalue weighted by atomic mass is 16.5. The van der Waals surface area contributed by atoms with Crippen molar-refractivity contribution >= 4 is 5.91 Å². The first-order chi connectivity index (χ1) is 12.1. The molecule has 1 saturated heterocycles. The fourth-order valence-corrected chi connectivity index (χ4v) is 4.01. The van der Waals surface area contributed by atoms with E-state index in [0.29, 0.717) is 13.1 Å². The summed E-state index contributed by atoms with van der Waals surface area (Å²) < 4.78 is 7.70. The molecule has 138 valence electrons. The van der Waals surface area contributed by atoms with Crippen LogP contribution in [0, 0.1) is 0 Å². The molecule has 1 aromatic rings. The van der Waals surface area contributed by atoms with Crippen molar-refractivity contribution in [3.05, 3.63) is 17.7 Å². The number of imidazole rings is 1. The van der Waals surface area contributed by atoms with E-state index in [4.69, 9.17) is 4.74 Å². The minimum absolute atomic E-state index is 0.0858. The van der Waals surface area contributed by atoms with E-state index in [2.05, 4.69) is 14.5 Å². The molecule has 0 unspecified atom stereocenters. The van der Waals surface area contributed by atoms with Crippen molar-refractivity contribution in [2.75, 3.05) is 39.4 Å². The Hall–Kier alpha value is -1.44. The maximum Gasteiger partial charge on any atom is 0.225 e. The number of nitrogens with zero attached hydrogens (tertiary/aromatic N) is 4. The number of aliphatic hydroxyl groups is 1. The summed E-state index contributed by atoms with van der Waals surface area (Å²) >= 11 is 0. The van der Waals surface area contributed by atoms with Crippen molar-refractivity contribution in [3.63, 3.8) is 0 Å². The van der Waals surface area contributed by atoms with Gasteiger partial charge >= 0.3 is 0 Å². The van der Waals surface area contributed by atoms with E-state index in [9.17, 15) is 9.90 Å². The minimum Gasteiger partial charge on any atom is -0.389 e.